The summed E-state index contributed by atoms with van der Waals surface area (Å²) >= 11 is 0. The van der Waals surface area contributed by atoms with Crippen molar-refractivity contribution in [3.63, 3.8) is 0 Å². The maximum atomic E-state index is 12.3. The lowest BCUT2D eigenvalue weighted by atomic mass is 10.2. The van der Waals surface area contributed by atoms with E-state index in [1.807, 2.05) is 73.1 Å². The van der Waals surface area contributed by atoms with Gasteiger partial charge in [0.1, 0.15) is 5.75 Å². The highest BCUT2D eigenvalue weighted by Crippen LogP contribution is 2.22. The number of aromatic nitrogens is 2. The zero-order chi connectivity index (χ0) is 18.5. The Balaban J connectivity index is 1.66. The number of rotatable bonds is 6. The van der Waals surface area contributed by atoms with Crippen molar-refractivity contribution in [2.45, 2.75) is 27.2 Å². The molecule has 0 bridgehead atoms. The molecule has 0 radical (unpaired) electrons. The number of nitrogens with one attached hydrogen (secondary N) is 1. The first-order valence-corrected chi connectivity index (χ1v) is 8.71. The van der Waals surface area contributed by atoms with Gasteiger partial charge >= 0.3 is 0 Å². The average molecular weight is 349 g/mol. The fraction of sp³-hybridized carbons (Fsp3) is 0.238. The number of anilines is 1. The minimum atomic E-state index is -0.205. The molecule has 2 aromatic carbocycles. The van der Waals surface area contributed by atoms with E-state index in [4.69, 9.17) is 4.74 Å². The second-order valence-electron chi connectivity index (χ2n) is 6.13. The van der Waals surface area contributed by atoms with Gasteiger partial charge in [-0.05, 0) is 50.1 Å². The maximum Gasteiger partial charge on any atom is 0.262 e. The first-order valence-electron chi connectivity index (χ1n) is 8.71. The van der Waals surface area contributed by atoms with Crippen LogP contribution in [0.4, 0.5) is 5.69 Å². The smallest absolute Gasteiger partial charge is 0.262 e. The number of hydrogen-bond acceptors (Lipinski definition) is 3. The third-order valence-corrected chi connectivity index (χ3v) is 4.26. The van der Waals surface area contributed by atoms with Crippen LogP contribution in [0, 0.1) is 13.8 Å². The highest BCUT2D eigenvalue weighted by molar-refractivity contribution is 5.93. The van der Waals surface area contributed by atoms with Gasteiger partial charge in [-0.2, -0.15) is 5.10 Å². The Morgan fingerprint density at radius 3 is 2.42 bits per heavy atom. The van der Waals surface area contributed by atoms with Gasteiger partial charge in [0.15, 0.2) is 6.61 Å². The molecule has 0 fully saturated rings. The Hall–Kier alpha value is -3.08. The van der Waals surface area contributed by atoms with Crippen LogP contribution in [0.25, 0.3) is 5.69 Å². The Bertz CT molecular complexity index is 884. The monoisotopic (exact) mass is 349 g/mol. The lowest BCUT2D eigenvalue weighted by Crippen LogP contribution is -2.20. The number of benzene rings is 2. The van der Waals surface area contributed by atoms with Crippen molar-refractivity contribution in [2.75, 3.05) is 11.9 Å². The molecule has 0 aliphatic heterocycles. The second-order valence-corrected chi connectivity index (χ2v) is 6.13. The van der Waals surface area contributed by atoms with E-state index in [1.165, 1.54) is 5.56 Å². The molecule has 0 unspecified atom stereocenters. The molecule has 5 heteroatoms. The van der Waals surface area contributed by atoms with Crippen LogP contribution >= 0.6 is 0 Å². The van der Waals surface area contributed by atoms with Crippen LogP contribution in [-0.2, 0) is 11.2 Å². The number of carbonyl (C=O) groups is 1. The van der Waals surface area contributed by atoms with Crippen molar-refractivity contribution in [3.8, 4) is 11.4 Å². The molecule has 0 atom stereocenters. The molecule has 0 saturated carbocycles. The van der Waals surface area contributed by atoms with Crippen LogP contribution in [0.1, 0.15) is 23.9 Å². The van der Waals surface area contributed by atoms with Gasteiger partial charge in [-0.3, -0.25) is 4.79 Å². The van der Waals surface area contributed by atoms with Gasteiger partial charge in [0.05, 0.1) is 22.8 Å². The van der Waals surface area contributed by atoms with E-state index in [1.54, 1.807) is 0 Å². The molecule has 0 aliphatic carbocycles. The van der Waals surface area contributed by atoms with E-state index in [9.17, 15) is 4.79 Å². The molecule has 1 heterocycles. The van der Waals surface area contributed by atoms with E-state index < -0.39 is 0 Å². The van der Waals surface area contributed by atoms with E-state index >= 15 is 0 Å². The average Bonchev–Trinajstić information content (AvgIpc) is 2.95. The molecule has 1 N–H and O–H groups in total. The molecular weight excluding hydrogens is 326 g/mol. The molecule has 3 aromatic rings. The number of para-hydroxylation sites is 1. The molecule has 0 saturated heterocycles. The summed E-state index contributed by atoms with van der Waals surface area (Å²) in [6, 6.07) is 17.6. The third kappa shape index (κ3) is 3.94. The predicted molar refractivity (Wildman–Crippen MR) is 103 cm³/mol. The van der Waals surface area contributed by atoms with Gasteiger partial charge in [-0.25, -0.2) is 4.68 Å². The van der Waals surface area contributed by atoms with Crippen molar-refractivity contribution in [1.29, 1.82) is 0 Å². The predicted octanol–water partition coefficient (Wildman–Crippen LogP) is 4.07. The van der Waals surface area contributed by atoms with E-state index in [0.29, 0.717) is 5.75 Å². The van der Waals surface area contributed by atoms with Crippen molar-refractivity contribution in [3.05, 3.63) is 71.5 Å². The highest BCUT2D eigenvalue weighted by Gasteiger charge is 2.15. The second kappa shape index (κ2) is 7.87. The summed E-state index contributed by atoms with van der Waals surface area (Å²) in [5, 5.41) is 7.45. The minimum absolute atomic E-state index is 0.0408. The summed E-state index contributed by atoms with van der Waals surface area (Å²) in [5.74, 6) is 0.481. The molecule has 0 spiro atoms. The Morgan fingerprint density at radius 1 is 1.08 bits per heavy atom. The fourth-order valence-electron chi connectivity index (χ4n) is 2.79. The summed E-state index contributed by atoms with van der Waals surface area (Å²) in [7, 11) is 0. The number of nitrogens with zero attached hydrogens (tertiary/aromatic N) is 2. The zero-order valence-corrected chi connectivity index (χ0v) is 15.3. The summed E-state index contributed by atoms with van der Waals surface area (Å²) in [6.07, 6.45) is 0.977. The Kier molecular flexibility index (Phi) is 5.37. The van der Waals surface area contributed by atoms with Crippen LogP contribution in [0.3, 0.4) is 0 Å². The van der Waals surface area contributed by atoms with Crippen LogP contribution in [-0.4, -0.2) is 22.3 Å². The van der Waals surface area contributed by atoms with Crippen LogP contribution < -0.4 is 10.1 Å². The number of aryl methyl sites for hydroxylation is 2. The lowest BCUT2D eigenvalue weighted by Gasteiger charge is -2.09. The third-order valence-electron chi connectivity index (χ3n) is 4.26. The van der Waals surface area contributed by atoms with Crippen LogP contribution in [0.2, 0.25) is 0 Å². The van der Waals surface area contributed by atoms with Crippen LogP contribution in [0.5, 0.6) is 5.75 Å². The zero-order valence-electron chi connectivity index (χ0n) is 15.3. The molecule has 134 valence electrons. The fourth-order valence-corrected chi connectivity index (χ4v) is 2.79. The van der Waals surface area contributed by atoms with Crippen LogP contribution in [0.15, 0.2) is 54.6 Å². The SMILES string of the molecule is CCc1ccc(OCC(=O)Nc2c(C)nn(-c3ccccc3)c2C)cc1. The summed E-state index contributed by atoms with van der Waals surface area (Å²) in [4.78, 5) is 12.3. The summed E-state index contributed by atoms with van der Waals surface area (Å²) in [5.41, 5.74) is 4.58. The lowest BCUT2D eigenvalue weighted by molar-refractivity contribution is -0.118. The molecule has 5 nitrogen and oxygen atoms in total. The van der Waals surface area contributed by atoms with Gasteiger partial charge in [0.2, 0.25) is 0 Å². The van der Waals surface area contributed by atoms with Crippen molar-refractivity contribution in [1.82, 2.24) is 9.78 Å². The highest BCUT2D eigenvalue weighted by atomic mass is 16.5. The topological polar surface area (TPSA) is 56.1 Å². The van der Waals surface area contributed by atoms with Gasteiger partial charge < -0.3 is 10.1 Å². The maximum absolute atomic E-state index is 12.3. The van der Waals surface area contributed by atoms with E-state index in [-0.39, 0.29) is 12.5 Å². The first kappa shape index (κ1) is 17.7. The Morgan fingerprint density at radius 2 is 1.77 bits per heavy atom. The normalized spacial score (nSPS) is 10.6. The summed E-state index contributed by atoms with van der Waals surface area (Å²) in [6.45, 7) is 5.88. The molecule has 3 rings (SSSR count). The molecular formula is C21H23N3O2. The van der Waals surface area contributed by atoms with Gasteiger partial charge in [0.25, 0.3) is 5.91 Å². The Labute approximate surface area is 153 Å². The van der Waals surface area contributed by atoms with Crippen molar-refractivity contribution in [2.24, 2.45) is 0 Å². The molecule has 1 aromatic heterocycles. The molecule has 26 heavy (non-hydrogen) atoms. The summed E-state index contributed by atoms with van der Waals surface area (Å²) < 4.78 is 7.40. The quantitative estimate of drug-likeness (QED) is 0.730. The largest absolute Gasteiger partial charge is 0.484 e. The number of hydrogen-bond donors (Lipinski definition) is 1. The van der Waals surface area contributed by atoms with Gasteiger partial charge in [0, 0.05) is 0 Å². The first-order chi connectivity index (χ1) is 12.6. The number of ether oxygens (including phenoxy) is 1. The number of amides is 1. The molecule has 0 aliphatic rings. The van der Waals surface area contributed by atoms with Gasteiger partial charge in [-0.15, -0.1) is 0 Å². The van der Waals surface area contributed by atoms with Gasteiger partial charge in [-0.1, -0.05) is 37.3 Å². The number of carbonyl (C=O) groups excluding carboxylic acids is 1. The van der Waals surface area contributed by atoms with Crippen molar-refractivity contribution >= 4 is 11.6 Å². The van der Waals surface area contributed by atoms with Crippen molar-refractivity contribution < 1.29 is 9.53 Å². The van der Waals surface area contributed by atoms with E-state index in [2.05, 4.69) is 17.3 Å². The standard InChI is InChI=1S/C21H23N3O2/c1-4-17-10-12-19(13-11-17)26-14-20(25)22-21-15(2)23-24(16(21)3)18-8-6-5-7-9-18/h5-13H,4,14H2,1-3H3,(H,22,25). The van der Waals surface area contributed by atoms with E-state index in [0.717, 1.165) is 29.2 Å². The minimum Gasteiger partial charge on any atom is -0.484 e. The molecule has 1 amide bonds.